The van der Waals surface area contributed by atoms with Crippen LogP contribution in [-0.2, 0) is 9.53 Å². The van der Waals surface area contributed by atoms with Gasteiger partial charge in [0.1, 0.15) is 0 Å². The predicted octanol–water partition coefficient (Wildman–Crippen LogP) is 3.24. The summed E-state index contributed by atoms with van der Waals surface area (Å²) < 4.78 is 4.89. The van der Waals surface area contributed by atoms with Crippen LogP contribution in [-0.4, -0.2) is 12.9 Å². The molecular formula is C13H20O2. The summed E-state index contributed by atoms with van der Waals surface area (Å²) in [6, 6.07) is 0. The zero-order chi connectivity index (χ0) is 11.1. The molecule has 1 saturated carbocycles. The Balaban J connectivity index is 2.59. The highest BCUT2D eigenvalue weighted by Gasteiger charge is 2.25. The van der Waals surface area contributed by atoms with Crippen molar-refractivity contribution in [2.75, 3.05) is 7.11 Å². The molecule has 0 aromatic heterocycles. The Morgan fingerprint density at radius 1 is 1.53 bits per heavy atom. The van der Waals surface area contributed by atoms with Gasteiger partial charge in [0.25, 0.3) is 0 Å². The molecule has 0 radical (unpaired) electrons. The van der Waals surface area contributed by atoms with Crippen molar-refractivity contribution in [1.29, 1.82) is 0 Å². The highest BCUT2D eigenvalue weighted by Crippen LogP contribution is 2.29. The summed E-state index contributed by atoms with van der Waals surface area (Å²) in [5.41, 5.74) is 0.997. The molecule has 0 aromatic rings. The van der Waals surface area contributed by atoms with E-state index < -0.39 is 0 Å². The number of carbonyl (C=O) groups excluding carboxylic acids is 1. The number of Topliss-reactive ketones (excluding diaryl/α,β-unsaturated/α-hetero) is 1. The van der Waals surface area contributed by atoms with Crippen LogP contribution in [0.4, 0.5) is 0 Å². The van der Waals surface area contributed by atoms with Crippen molar-refractivity contribution < 1.29 is 9.53 Å². The first-order valence-corrected chi connectivity index (χ1v) is 5.72. The molecule has 1 atom stereocenters. The fourth-order valence-electron chi connectivity index (χ4n) is 1.89. The molecule has 2 nitrogen and oxygen atoms in total. The molecule has 1 aliphatic rings. The number of rotatable bonds is 5. The van der Waals surface area contributed by atoms with Crippen LogP contribution in [0.1, 0.15) is 39.0 Å². The smallest absolute Gasteiger partial charge is 0.159 e. The third-order valence-corrected chi connectivity index (χ3v) is 2.77. The number of hydrogen-bond acceptors (Lipinski definition) is 2. The van der Waals surface area contributed by atoms with E-state index in [0.717, 1.165) is 24.8 Å². The average molecular weight is 208 g/mol. The van der Waals surface area contributed by atoms with Gasteiger partial charge in [-0.05, 0) is 24.5 Å². The van der Waals surface area contributed by atoms with E-state index in [1.165, 1.54) is 6.42 Å². The Morgan fingerprint density at radius 3 is 3.00 bits per heavy atom. The largest absolute Gasteiger partial charge is 0.505 e. The molecule has 0 aliphatic heterocycles. The van der Waals surface area contributed by atoms with Crippen molar-refractivity contribution in [3.8, 4) is 0 Å². The van der Waals surface area contributed by atoms with Gasteiger partial charge < -0.3 is 4.74 Å². The second kappa shape index (κ2) is 6.44. The van der Waals surface area contributed by atoms with Gasteiger partial charge >= 0.3 is 0 Å². The Labute approximate surface area is 92.0 Å². The molecule has 15 heavy (non-hydrogen) atoms. The number of ether oxygens (including phenoxy) is 1. The summed E-state index contributed by atoms with van der Waals surface area (Å²) in [6.07, 6.45) is 10.8. The standard InChI is InChI=1S/C13H20O2/c1-3-4-5-6-12-11(9-10-15-2)7-8-13(12)14/h6,9-11H,3-5,7-8H2,1-2H3/b10-9+,12-6-. The number of ketones is 1. The SMILES string of the molecule is CCCC/C=C1\C(=O)CCC1/C=C/OC. The molecule has 0 saturated heterocycles. The lowest BCUT2D eigenvalue weighted by atomic mass is 10.0. The van der Waals surface area contributed by atoms with E-state index in [-0.39, 0.29) is 5.92 Å². The number of carbonyl (C=O) groups is 1. The molecular weight excluding hydrogens is 188 g/mol. The molecule has 0 N–H and O–H groups in total. The van der Waals surface area contributed by atoms with Crippen molar-refractivity contribution in [2.24, 2.45) is 5.92 Å². The van der Waals surface area contributed by atoms with Crippen LogP contribution < -0.4 is 0 Å². The van der Waals surface area contributed by atoms with Crippen LogP contribution in [0, 0.1) is 5.92 Å². The molecule has 1 aliphatic carbocycles. The predicted molar refractivity (Wildman–Crippen MR) is 61.5 cm³/mol. The van der Waals surface area contributed by atoms with Gasteiger partial charge in [0.2, 0.25) is 0 Å². The van der Waals surface area contributed by atoms with Gasteiger partial charge in [-0.1, -0.05) is 25.8 Å². The maximum atomic E-state index is 11.6. The maximum Gasteiger partial charge on any atom is 0.159 e. The second-order valence-corrected chi connectivity index (χ2v) is 3.93. The van der Waals surface area contributed by atoms with Crippen LogP contribution in [0.2, 0.25) is 0 Å². The summed E-state index contributed by atoms with van der Waals surface area (Å²) >= 11 is 0. The Kier molecular flexibility index (Phi) is 5.16. The molecule has 84 valence electrons. The van der Waals surface area contributed by atoms with E-state index >= 15 is 0 Å². The number of unbranched alkanes of at least 4 members (excludes halogenated alkanes) is 2. The summed E-state index contributed by atoms with van der Waals surface area (Å²) in [4.78, 5) is 11.6. The molecule has 0 spiro atoms. The summed E-state index contributed by atoms with van der Waals surface area (Å²) in [7, 11) is 1.63. The van der Waals surface area contributed by atoms with Crippen molar-refractivity contribution in [1.82, 2.24) is 0 Å². The molecule has 0 heterocycles. The van der Waals surface area contributed by atoms with E-state index in [1.807, 2.05) is 6.08 Å². The lowest BCUT2D eigenvalue weighted by Crippen LogP contribution is -1.99. The van der Waals surface area contributed by atoms with E-state index in [1.54, 1.807) is 13.4 Å². The Morgan fingerprint density at radius 2 is 2.33 bits per heavy atom. The molecule has 0 aromatic carbocycles. The van der Waals surface area contributed by atoms with Crippen LogP contribution in [0.5, 0.6) is 0 Å². The number of hydrogen-bond donors (Lipinski definition) is 0. The van der Waals surface area contributed by atoms with Crippen molar-refractivity contribution in [3.05, 3.63) is 24.0 Å². The molecule has 2 heteroatoms. The molecule has 0 amide bonds. The minimum absolute atomic E-state index is 0.286. The highest BCUT2D eigenvalue weighted by molar-refractivity contribution is 5.98. The van der Waals surface area contributed by atoms with Crippen LogP contribution in [0.15, 0.2) is 24.0 Å². The Bertz CT molecular complexity index is 264. The minimum Gasteiger partial charge on any atom is -0.505 e. The van der Waals surface area contributed by atoms with Crippen molar-refractivity contribution in [2.45, 2.75) is 39.0 Å². The first kappa shape index (κ1) is 12.0. The van der Waals surface area contributed by atoms with E-state index in [2.05, 4.69) is 13.0 Å². The average Bonchev–Trinajstić information content (AvgIpc) is 2.58. The van der Waals surface area contributed by atoms with Gasteiger partial charge in [0, 0.05) is 12.3 Å². The Hall–Kier alpha value is -1.05. The molecule has 1 rings (SSSR count). The summed E-state index contributed by atoms with van der Waals surface area (Å²) in [5, 5.41) is 0. The highest BCUT2D eigenvalue weighted by atomic mass is 16.5. The van der Waals surface area contributed by atoms with E-state index in [9.17, 15) is 4.79 Å². The lowest BCUT2D eigenvalue weighted by molar-refractivity contribution is -0.114. The van der Waals surface area contributed by atoms with Gasteiger partial charge in [-0.15, -0.1) is 0 Å². The van der Waals surface area contributed by atoms with Crippen molar-refractivity contribution >= 4 is 5.78 Å². The third-order valence-electron chi connectivity index (χ3n) is 2.77. The molecule has 1 unspecified atom stereocenters. The van der Waals surface area contributed by atoms with Gasteiger partial charge in [-0.25, -0.2) is 0 Å². The number of methoxy groups -OCH3 is 1. The zero-order valence-electron chi connectivity index (χ0n) is 9.66. The van der Waals surface area contributed by atoms with Crippen molar-refractivity contribution in [3.63, 3.8) is 0 Å². The van der Waals surface area contributed by atoms with Crippen LogP contribution in [0.3, 0.4) is 0 Å². The van der Waals surface area contributed by atoms with Crippen LogP contribution in [0.25, 0.3) is 0 Å². The van der Waals surface area contributed by atoms with Gasteiger partial charge in [0.05, 0.1) is 13.4 Å². The lowest BCUT2D eigenvalue weighted by Gasteiger charge is -2.04. The normalized spacial score (nSPS) is 24.3. The molecule has 0 bridgehead atoms. The van der Waals surface area contributed by atoms with Gasteiger partial charge in [-0.2, -0.15) is 0 Å². The van der Waals surface area contributed by atoms with Gasteiger partial charge in [-0.3, -0.25) is 4.79 Å². The second-order valence-electron chi connectivity index (χ2n) is 3.93. The van der Waals surface area contributed by atoms with Crippen LogP contribution >= 0.6 is 0 Å². The monoisotopic (exact) mass is 208 g/mol. The first-order chi connectivity index (χ1) is 7.29. The maximum absolute atomic E-state index is 11.6. The topological polar surface area (TPSA) is 26.3 Å². The first-order valence-electron chi connectivity index (χ1n) is 5.72. The van der Waals surface area contributed by atoms with Gasteiger partial charge in [0.15, 0.2) is 5.78 Å². The summed E-state index contributed by atoms with van der Waals surface area (Å²) in [5.74, 6) is 0.603. The fraction of sp³-hybridized carbons (Fsp3) is 0.615. The third kappa shape index (κ3) is 3.54. The van der Waals surface area contributed by atoms with E-state index in [4.69, 9.17) is 4.74 Å². The summed E-state index contributed by atoms with van der Waals surface area (Å²) in [6.45, 7) is 2.16. The molecule has 1 fully saturated rings. The quantitative estimate of drug-likeness (QED) is 0.394. The zero-order valence-corrected chi connectivity index (χ0v) is 9.66. The fourth-order valence-corrected chi connectivity index (χ4v) is 1.89. The number of allylic oxidation sites excluding steroid dienone is 3. The van der Waals surface area contributed by atoms with E-state index in [0.29, 0.717) is 12.2 Å². The minimum atomic E-state index is 0.286.